The SMILES string of the molecule is CN(C)CCOCCS. The summed E-state index contributed by atoms with van der Waals surface area (Å²) in [5, 5.41) is 0. The van der Waals surface area contributed by atoms with Gasteiger partial charge in [-0.3, -0.25) is 0 Å². The predicted octanol–water partition coefficient (Wildman–Crippen LogP) is 0.494. The molecule has 0 aromatic carbocycles. The molecule has 0 spiro atoms. The molecule has 0 N–H and O–H groups in total. The summed E-state index contributed by atoms with van der Waals surface area (Å²) in [4.78, 5) is 2.10. The van der Waals surface area contributed by atoms with Crippen LogP contribution in [0.3, 0.4) is 0 Å². The van der Waals surface area contributed by atoms with Gasteiger partial charge in [-0.05, 0) is 14.1 Å². The van der Waals surface area contributed by atoms with Crippen molar-refractivity contribution in [1.29, 1.82) is 0 Å². The summed E-state index contributed by atoms with van der Waals surface area (Å²) >= 11 is 4.01. The van der Waals surface area contributed by atoms with Gasteiger partial charge in [0.1, 0.15) is 0 Å². The summed E-state index contributed by atoms with van der Waals surface area (Å²) in [6, 6.07) is 0. The van der Waals surface area contributed by atoms with E-state index in [1.165, 1.54) is 0 Å². The zero-order chi connectivity index (χ0) is 7.11. The fourth-order valence-electron chi connectivity index (χ4n) is 0.414. The average molecular weight is 149 g/mol. The Labute approximate surface area is 62.6 Å². The van der Waals surface area contributed by atoms with Crippen LogP contribution >= 0.6 is 12.6 Å². The molecule has 0 unspecified atom stereocenters. The smallest absolute Gasteiger partial charge is 0.0593 e. The van der Waals surface area contributed by atoms with Crippen LogP contribution in [-0.2, 0) is 4.74 Å². The first kappa shape index (κ1) is 9.27. The van der Waals surface area contributed by atoms with Crippen LogP contribution in [0.25, 0.3) is 0 Å². The molecule has 0 radical (unpaired) electrons. The lowest BCUT2D eigenvalue weighted by Gasteiger charge is -2.08. The highest BCUT2D eigenvalue weighted by Crippen LogP contribution is 1.79. The van der Waals surface area contributed by atoms with Crippen molar-refractivity contribution in [3.63, 3.8) is 0 Å². The van der Waals surface area contributed by atoms with Gasteiger partial charge in [-0.15, -0.1) is 0 Å². The van der Waals surface area contributed by atoms with Crippen molar-refractivity contribution in [3.05, 3.63) is 0 Å². The van der Waals surface area contributed by atoms with E-state index in [0.29, 0.717) is 0 Å². The van der Waals surface area contributed by atoms with Crippen molar-refractivity contribution >= 4 is 12.6 Å². The van der Waals surface area contributed by atoms with E-state index in [4.69, 9.17) is 4.74 Å². The van der Waals surface area contributed by atoms with Crippen molar-refractivity contribution in [1.82, 2.24) is 4.90 Å². The van der Waals surface area contributed by atoms with Crippen molar-refractivity contribution in [2.45, 2.75) is 0 Å². The molecule has 0 aliphatic carbocycles. The van der Waals surface area contributed by atoms with Crippen LogP contribution in [0, 0.1) is 0 Å². The highest BCUT2D eigenvalue weighted by Gasteiger charge is 1.87. The Kier molecular flexibility index (Phi) is 6.58. The van der Waals surface area contributed by atoms with Gasteiger partial charge in [0.15, 0.2) is 0 Å². The van der Waals surface area contributed by atoms with Gasteiger partial charge < -0.3 is 9.64 Å². The fraction of sp³-hybridized carbons (Fsp3) is 1.00. The Hall–Kier alpha value is 0.270. The molecule has 0 atom stereocenters. The van der Waals surface area contributed by atoms with E-state index in [1.807, 2.05) is 14.1 Å². The number of likely N-dealkylation sites (N-methyl/N-ethyl adjacent to an activating group) is 1. The summed E-state index contributed by atoms with van der Waals surface area (Å²) in [6.07, 6.45) is 0. The van der Waals surface area contributed by atoms with E-state index in [0.717, 1.165) is 25.5 Å². The van der Waals surface area contributed by atoms with Gasteiger partial charge in [-0.1, -0.05) is 0 Å². The molecule has 0 saturated carbocycles. The molecular formula is C6H15NOS. The van der Waals surface area contributed by atoms with Crippen LogP contribution in [0.4, 0.5) is 0 Å². The third-order valence-corrected chi connectivity index (χ3v) is 1.10. The molecule has 0 aliphatic heterocycles. The molecule has 9 heavy (non-hydrogen) atoms. The Bertz CT molecular complexity index is 59.0. The monoisotopic (exact) mass is 149 g/mol. The van der Waals surface area contributed by atoms with E-state index in [1.54, 1.807) is 0 Å². The van der Waals surface area contributed by atoms with Crippen LogP contribution in [0.2, 0.25) is 0 Å². The maximum atomic E-state index is 5.18. The molecule has 2 nitrogen and oxygen atoms in total. The molecule has 0 amide bonds. The Morgan fingerprint density at radius 3 is 2.44 bits per heavy atom. The zero-order valence-corrected chi connectivity index (χ0v) is 7.03. The third-order valence-electron chi connectivity index (χ3n) is 0.918. The first-order valence-electron chi connectivity index (χ1n) is 3.10. The molecule has 0 saturated heterocycles. The normalized spacial score (nSPS) is 10.7. The molecule has 0 bridgehead atoms. The predicted molar refractivity (Wildman–Crippen MR) is 43.2 cm³/mol. The number of hydrogen-bond donors (Lipinski definition) is 1. The second-order valence-corrected chi connectivity index (χ2v) is 2.59. The minimum absolute atomic E-state index is 0.761. The maximum absolute atomic E-state index is 5.18. The van der Waals surface area contributed by atoms with Crippen LogP contribution in [0.15, 0.2) is 0 Å². The van der Waals surface area contributed by atoms with Crippen molar-refractivity contribution in [3.8, 4) is 0 Å². The van der Waals surface area contributed by atoms with E-state index in [9.17, 15) is 0 Å². The molecule has 56 valence electrons. The second kappa shape index (κ2) is 6.39. The maximum Gasteiger partial charge on any atom is 0.0593 e. The van der Waals surface area contributed by atoms with E-state index >= 15 is 0 Å². The second-order valence-electron chi connectivity index (χ2n) is 2.14. The lowest BCUT2D eigenvalue weighted by molar-refractivity contribution is 0.131. The Morgan fingerprint density at radius 1 is 1.33 bits per heavy atom. The van der Waals surface area contributed by atoms with E-state index in [-0.39, 0.29) is 0 Å². The molecule has 0 aromatic rings. The highest BCUT2D eigenvalue weighted by molar-refractivity contribution is 7.80. The molecular weight excluding hydrogens is 134 g/mol. The van der Waals surface area contributed by atoms with Crippen molar-refractivity contribution in [2.75, 3.05) is 39.6 Å². The number of ether oxygens (including phenoxy) is 1. The third kappa shape index (κ3) is 8.27. The minimum Gasteiger partial charge on any atom is -0.379 e. The highest BCUT2D eigenvalue weighted by atomic mass is 32.1. The molecule has 0 heterocycles. The summed E-state index contributed by atoms with van der Waals surface area (Å²) in [5.41, 5.74) is 0. The average Bonchev–Trinajstić information content (AvgIpc) is 1.80. The molecule has 0 aliphatic rings. The van der Waals surface area contributed by atoms with Gasteiger partial charge in [0.25, 0.3) is 0 Å². The van der Waals surface area contributed by atoms with Gasteiger partial charge in [-0.25, -0.2) is 0 Å². The van der Waals surface area contributed by atoms with Gasteiger partial charge in [0.2, 0.25) is 0 Å². The largest absolute Gasteiger partial charge is 0.379 e. The van der Waals surface area contributed by atoms with Gasteiger partial charge in [0, 0.05) is 12.3 Å². The first-order chi connectivity index (χ1) is 4.27. The first-order valence-corrected chi connectivity index (χ1v) is 3.74. The quantitative estimate of drug-likeness (QED) is 0.451. The lowest BCUT2D eigenvalue weighted by atomic mass is 10.6. The number of nitrogens with zero attached hydrogens (tertiary/aromatic N) is 1. The molecule has 0 rings (SSSR count). The van der Waals surface area contributed by atoms with Crippen LogP contribution < -0.4 is 0 Å². The summed E-state index contributed by atoms with van der Waals surface area (Å²) in [7, 11) is 4.06. The van der Waals surface area contributed by atoms with Crippen molar-refractivity contribution in [2.24, 2.45) is 0 Å². The summed E-state index contributed by atoms with van der Waals surface area (Å²) in [5.74, 6) is 0.813. The van der Waals surface area contributed by atoms with Crippen LogP contribution in [0.1, 0.15) is 0 Å². The molecule has 3 heteroatoms. The lowest BCUT2D eigenvalue weighted by Crippen LogP contribution is -2.18. The van der Waals surface area contributed by atoms with Gasteiger partial charge in [0.05, 0.1) is 13.2 Å². The standard InChI is InChI=1S/C6H15NOS/c1-7(2)3-4-8-5-6-9/h9H,3-6H2,1-2H3. The number of thiol groups is 1. The van der Waals surface area contributed by atoms with E-state index in [2.05, 4.69) is 17.5 Å². The zero-order valence-electron chi connectivity index (χ0n) is 6.13. The van der Waals surface area contributed by atoms with Gasteiger partial charge >= 0.3 is 0 Å². The summed E-state index contributed by atoms with van der Waals surface area (Å²) < 4.78 is 5.18. The Morgan fingerprint density at radius 2 is 2.00 bits per heavy atom. The van der Waals surface area contributed by atoms with Crippen LogP contribution in [0.5, 0.6) is 0 Å². The number of rotatable bonds is 5. The fourth-order valence-corrected chi connectivity index (χ4v) is 0.543. The molecule has 0 fully saturated rings. The Balaban J connectivity index is 2.75. The van der Waals surface area contributed by atoms with Gasteiger partial charge in [-0.2, -0.15) is 12.6 Å². The minimum atomic E-state index is 0.761. The van der Waals surface area contributed by atoms with Crippen molar-refractivity contribution < 1.29 is 4.74 Å². The topological polar surface area (TPSA) is 12.5 Å². The van der Waals surface area contributed by atoms with Crippen LogP contribution in [-0.4, -0.2) is 44.5 Å². The molecule has 0 aromatic heterocycles. The number of hydrogen-bond acceptors (Lipinski definition) is 3. The summed E-state index contributed by atoms with van der Waals surface area (Å²) in [6.45, 7) is 2.57. The van der Waals surface area contributed by atoms with E-state index < -0.39 is 0 Å².